The molecule has 0 bridgehead atoms. The molecule has 0 saturated heterocycles. The van der Waals surface area contributed by atoms with Crippen molar-refractivity contribution in [2.75, 3.05) is 37.9 Å². The zero-order valence-corrected chi connectivity index (χ0v) is 10.1. The Bertz CT molecular complexity index is 393. The van der Waals surface area contributed by atoms with Crippen molar-refractivity contribution >= 4 is 17.3 Å². The lowest BCUT2D eigenvalue weighted by Crippen LogP contribution is -2.22. The average Bonchev–Trinajstić information content (AvgIpc) is 2.28. The van der Waals surface area contributed by atoms with Gasteiger partial charge in [0, 0.05) is 33.0 Å². The molecule has 0 aliphatic heterocycles. The van der Waals surface area contributed by atoms with Crippen LogP contribution in [0.3, 0.4) is 0 Å². The van der Waals surface area contributed by atoms with Gasteiger partial charge in [0.25, 0.3) is 0 Å². The summed E-state index contributed by atoms with van der Waals surface area (Å²) < 4.78 is 4.96. The summed E-state index contributed by atoms with van der Waals surface area (Å²) in [7, 11) is 3.49. The third kappa shape index (κ3) is 3.64. The number of nitrogen functional groups attached to an aromatic ring is 1. The summed E-state index contributed by atoms with van der Waals surface area (Å²) >= 11 is 0. The van der Waals surface area contributed by atoms with Crippen molar-refractivity contribution in [1.29, 1.82) is 0 Å². The van der Waals surface area contributed by atoms with E-state index in [1.807, 2.05) is 11.9 Å². The van der Waals surface area contributed by atoms with Crippen LogP contribution in [-0.4, -0.2) is 38.4 Å². The number of hydrogen-bond donors (Lipinski definition) is 2. The smallest absolute Gasteiger partial charge is 0.337 e. The third-order valence-corrected chi connectivity index (χ3v) is 2.51. The van der Waals surface area contributed by atoms with Crippen molar-refractivity contribution < 1.29 is 14.6 Å². The van der Waals surface area contributed by atoms with E-state index in [1.165, 1.54) is 6.07 Å². The van der Waals surface area contributed by atoms with Gasteiger partial charge in [-0.15, -0.1) is 0 Å². The van der Waals surface area contributed by atoms with Crippen LogP contribution in [0.15, 0.2) is 18.2 Å². The maximum absolute atomic E-state index is 11.1. The molecule has 0 spiro atoms. The zero-order chi connectivity index (χ0) is 12.8. The number of anilines is 2. The minimum absolute atomic E-state index is 0.263. The van der Waals surface area contributed by atoms with E-state index in [9.17, 15) is 4.79 Å². The average molecular weight is 238 g/mol. The number of carboxylic acid groups (broad SMARTS) is 1. The minimum atomic E-state index is -0.946. The van der Waals surface area contributed by atoms with Crippen LogP contribution >= 0.6 is 0 Å². The normalized spacial score (nSPS) is 10.2. The lowest BCUT2D eigenvalue weighted by Gasteiger charge is -2.21. The number of benzene rings is 1. The van der Waals surface area contributed by atoms with E-state index in [4.69, 9.17) is 15.6 Å². The zero-order valence-electron chi connectivity index (χ0n) is 10.1. The summed E-state index contributed by atoms with van der Waals surface area (Å²) in [4.78, 5) is 12.9. The highest BCUT2D eigenvalue weighted by molar-refractivity contribution is 5.95. The number of nitrogens with zero attached hydrogens (tertiary/aromatic N) is 1. The first-order valence-electron chi connectivity index (χ1n) is 5.39. The Morgan fingerprint density at radius 1 is 1.53 bits per heavy atom. The van der Waals surface area contributed by atoms with Gasteiger partial charge in [-0.3, -0.25) is 0 Å². The molecule has 0 aliphatic rings. The fraction of sp³-hybridized carbons (Fsp3) is 0.417. The molecule has 0 radical (unpaired) electrons. The summed E-state index contributed by atoms with van der Waals surface area (Å²) in [6.07, 6.45) is 0.834. The van der Waals surface area contributed by atoms with Gasteiger partial charge in [0.1, 0.15) is 0 Å². The standard InChI is InChI=1S/C12H18N2O3/c1-14(6-3-7-17-2)11-8-9(13)4-5-10(11)12(15)16/h4-5,8H,3,6-7,13H2,1-2H3,(H,15,16). The number of hydrogen-bond acceptors (Lipinski definition) is 4. The van der Waals surface area contributed by atoms with Crippen LogP contribution in [0.5, 0.6) is 0 Å². The van der Waals surface area contributed by atoms with E-state index in [2.05, 4.69) is 0 Å². The first kappa shape index (κ1) is 13.3. The van der Waals surface area contributed by atoms with Crippen LogP contribution in [0, 0.1) is 0 Å². The third-order valence-electron chi connectivity index (χ3n) is 2.51. The SMILES string of the molecule is COCCCN(C)c1cc(N)ccc1C(=O)O. The fourth-order valence-electron chi connectivity index (χ4n) is 1.61. The molecule has 0 amide bonds. The number of methoxy groups -OCH3 is 1. The summed E-state index contributed by atoms with van der Waals surface area (Å²) in [5, 5.41) is 9.08. The monoisotopic (exact) mass is 238 g/mol. The first-order valence-corrected chi connectivity index (χ1v) is 5.39. The molecule has 1 aromatic carbocycles. The van der Waals surface area contributed by atoms with Crippen LogP contribution in [-0.2, 0) is 4.74 Å². The predicted octanol–water partition coefficient (Wildman–Crippen LogP) is 1.44. The van der Waals surface area contributed by atoms with Gasteiger partial charge in [-0.1, -0.05) is 0 Å². The molecule has 0 unspecified atom stereocenters. The van der Waals surface area contributed by atoms with E-state index in [1.54, 1.807) is 19.2 Å². The lowest BCUT2D eigenvalue weighted by molar-refractivity contribution is 0.0697. The molecule has 0 aliphatic carbocycles. The molecular weight excluding hydrogens is 220 g/mol. The van der Waals surface area contributed by atoms with Crippen molar-refractivity contribution in [3.8, 4) is 0 Å². The second kappa shape index (κ2) is 6.10. The van der Waals surface area contributed by atoms with Crippen molar-refractivity contribution in [2.24, 2.45) is 0 Å². The molecule has 0 atom stereocenters. The highest BCUT2D eigenvalue weighted by Crippen LogP contribution is 2.22. The number of ether oxygens (including phenoxy) is 1. The van der Waals surface area contributed by atoms with Gasteiger partial charge in [0.05, 0.1) is 11.3 Å². The first-order chi connectivity index (χ1) is 8.06. The number of nitrogens with two attached hydrogens (primary N) is 1. The molecule has 17 heavy (non-hydrogen) atoms. The largest absolute Gasteiger partial charge is 0.478 e. The summed E-state index contributed by atoms with van der Waals surface area (Å²) in [6.45, 7) is 1.37. The Kier molecular flexibility index (Phi) is 4.78. The second-order valence-electron chi connectivity index (χ2n) is 3.85. The number of rotatable bonds is 6. The Labute approximate surface area is 101 Å². The van der Waals surface area contributed by atoms with Crippen molar-refractivity contribution in [3.63, 3.8) is 0 Å². The van der Waals surface area contributed by atoms with E-state index in [-0.39, 0.29) is 5.56 Å². The molecular formula is C12H18N2O3. The summed E-state index contributed by atoms with van der Waals surface area (Å²) in [6, 6.07) is 4.80. The molecule has 0 saturated carbocycles. The van der Waals surface area contributed by atoms with Gasteiger partial charge >= 0.3 is 5.97 Å². The van der Waals surface area contributed by atoms with Crippen molar-refractivity contribution in [3.05, 3.63) is 23.8 Å². The molecule has 1 rings (SSSR count). The van der Waals surface area contributed by atoms with Crippen LogP contribution in [0.2, 0.25) is 0 Å². The Morgan fingerprint density at radius 3 is 2.82 bits per heavy atom. The molecule has 0 heterocycles. The molecule has 5 heteroatoms. The van der Waals surface area contributed by atoms with Crippen LogP contribution in [0.25, 0.3) is 0 Å². The molecule has 0 fully saturated rings. The van der Waals surface area contributed by atoms with Crippen LogP contribution in [0.4, 0.5) is 11.4 Å². The van der Waals surface area contributed by atoms with Gasteiger partial charge in [0.15, 0.2) is 0 Å². The number of aromatic carboxylic acids is 1. The number of carbonyl (C=O) groups is 1. The van der Waals surface area contributed by atoms with Crippen molar-refractivity contribution in [1.82, 2.24) is 0 Å². The van der Waals surface area contributed by atoms with E-state index >= 15 is 0 Å². The van der Waals surface area contributed by atoms with Crippen LogP contribution < -0.4 is 10.6 Å². The maximum Gasteiger partial charge on any atom is 0.337 e. The highest BCUT2D eigenvalue weighted by Gasteiger charge is 2.13. The molecule has 0 aromatic heterocycles. The fourth-order valence-corrected chi connectivity index (χ4v) is 1.61. The lowest BCUT2D eigenvalue weighted by atomic mass is 10.1. The van der Waals surface area contributed by atoms with Gasteiger partial charge in [-0.2, -0.15) is 0 Å². The van der Waals surface area contributed by atoms with Crippen molar-refractivity contribution in [2.45, 2.75) is 6.42 Å². The van der Waals surface area contributed by atoms with E-state index < -0.39 is 5.97 Å². The Balaban J connectivity index is 2.86. The van der Waals surface area contributed by atoms with Gasteiger partial charge < -0.3 is 20.5 Å². The minimum Gasteiger partial charge on any atom is -0.478 e. The molecule has 94 valence electrons. The molecule has 5 nitrogen and oxygen atoms in total. The topological polar surface area (TPSA) is 75.8 Å². The summed E-state index contributed by atoms with van der Waals surface area (Å²) in [5.41, 5.74) is 7.13. The van der Waals surface area contributed by atoms with E-state index in [0.29, 0.717) is 18.0 Å². The van der Waals surface area contributed by atoms with Gasteiger partial charge in [0.2, 0.25) is 0 Å². The quantitative estimate of drug-likeness (QED) is 0.579. The second-order valence-corrected chi connectivity index (χ2v) is 3.85. The Morgan fingerprint density at radius 2 is 2.24 bits per heavy atom. The highest BCUT2D eigenvalue weighted by atomic mass is 16.5. The molecule has 1 aromatic rings. The number of carboxylic acids is 1. The predicted molar refractivity (Wildman–Crippen MR) is 67.6 cm³/mol. The van der Waals surface area contributed by atoms with Crippen LogP contribution in [0.1, 0.15) is 16.8 Å². The van der Waals surface area contributed by atoms with Gasteiger partial charge in [-0.25, -0.2) is 4.79 Å². The summed E-state index contributed by atoms with van der Waals surface area (Å²) in [5.74, 6) is -0.946. The van der Waals surface area contributed by atoms with Gasteiger partial charge in [-0.05, 0) is 24.6 Å². The maximum atomic E-state index is 11.1. The molecule has 3 N–H and O–H groups in total. The van der Waals surface area contributed by atoms with E-state index in [0.717, 1.165) is 13.0 Å². The Hall–Kier alpha value is -1.75.